The van der Waals surface area contributed by atoms with Gasteiger partial charge in [-0.3, -0.25) is 9.36 Å². The Kier molecular flexibility index (Phi) is 8.59. The summed E-state index contributed by atoms with van der Waals surface area (Å²) in [5, 5.41) is 12.6. The summed E-state index contributed by atoms with van der Waals surface area (Å²) in [6, 6.07) is 11.0. The number of nitrogens with one attached hydrogen (secondary N) is 1. The van der Waals surface area contributed by atoms with Crippen molar-refractivity contribution in [1.29, 1.82) is 0 Å². The number of anilines is 1. The lowest BCUT2D eigenvalue weighted by atomic mass is 10.2. The Labute approximate surface area is 206 Å². The first-order valence-corrected chi connectivity index (χ1v) is 12.1. The average molecular weight is 587 g/mol. The van der Waals surface area contributed by atoms with Gasteiger partial charge in [0.1, 0.15) is 12.4 Å². The summed E-state index contributed by atoms with van der Waals surface area (Å²) in [5.41, 5.74) is 1.78. The zero-order valence-electron chi connectivity index (χ0n) is 16.6. The van der Waals surface area contributed by atoms with E-state index in [-0.39, 0.29) is 18.3 Å². The molecule has 0 aliphatic carbocycles. The quantitative estimate of drug-likeness (QED) is 0.237. The van der Waals surface area contributed by atoms with Crippen LogP contribution in [0.3, 0.4) is 0 Å². The van der Waals surface area contributed by atoms with E-state index in [4.69, 9.17) is 16.3 Å². The van der Waals surface area contributed by atoms with Crippen LogP contribution >= 0.6 is 55.2 Å². The number of aryl methyl sites for hydroxylation is 1. The lowest BCUT2D eigenvalue weighted by molar-refractivity contribution is -0.113. The summed E-state index contributed by atoms with van der Waals surface area (Å²) in [7, 11) is 0. The third kappa shape index (κ3) is 6.58. The van der Waals surface area contributed by atoms with Crippen molar-refractivity contribution in [2.75, 3.05) is 11.1 Å². The van der Waals surface area contributed by atoms with E-state index < -0.39 is 0 Å². The third-order valence-corrected chi connectivity index (χ3v) is 6.54. The second-order valence-corrected chi connectivity index (χ2v) is 9.57. The second kappa shape index (κ2) is 11.2. The van der Waals surface area contributed by atoms with Crippen molar-refractivity contribution in [1.82, 2.24) is 14.8 Å². The summed E-state index contributed by atoms with van der Waals surface area (Å²) in [6.45, 7) is 6.52. The van der Waals surface area contributed by atoms with Gasteiger partial charge < -0.3 is 10.1 Å². The Morgan fingerprint density at radius 1 is 1.26 bits per heavy atom. The standard InChI is InChI=1S/C21H19Br2ClN4O2S/c1-3-8-28-18(11-30-15-6-4-14(24)5-7-15)26-27-21(28)31-12-19(29)25-20-16(22)9-13(2)10-17(20)23/h3-7,9-10H,1,8,11-12H2,2H3,(H,25,29). The van der Waals surface area contributed by atoms with Crippen LogP contribution in [-0.4, -0.2) is 26.4 Å². The van der Waals surface area contributed by atoms with Gasteiger partial charge in [-0.25, -0.2) is 0 Å². The molecule has 0 saturated heterocycles. The van der Waals surface area contributed by atoms with E-state index in [1.807, 2.05) is 23.6 Å². The molecular formula is C21H19Br2ClN4O2S. The van der Waals surface area contributed by atoms with E-state index in [0.717, 1.165) is 14.5 Å². The number of benzene rings is 2. The van der Waals surface area contributed by atoms with Gasteiger partial charge in [-0.1, -0.05) is 29.4 Å². The molecule has 1 N–H and O–H groups in total. The fourth-order valence-corrected chi connectivity index (χ4v) is 5.15. The first-order valence-electron chi connectivity index (χ1n) is 9.17. The number of allylic oxidation sites excluding steroid dienone is 1. The van der Waals surface area contributed by atoms with Crippen LogP contribution in [0.2, 0.25) is 5.02 Å². The molecule has 0 aliphatic heterocycles. The number of carbonyl (C=O) groups excluding carboxylic acids is 1. The Morgan fingerprint density at radius 2 is 1.94 bits per heavy atom. The van der Waals surface area contributed by atoms with Crippen molar-refractivity contribution < 1.29 is 9.53 Å². The van der Waals surface area contributed by atoms with Gasteiger partial charge in [0, 0.05) is 20.5 Å². The molecule has 162 valence electrons. The van der Waals surface area contributed by atoms with Gasteiger partial charge in [0.2, 0.25) is 5.91 Å². The Bertz CT molecular complexity index is 1070. The number of thioether (sulfide) groups is 1. The van der Waals surface area contributed by atoms with Crippen LogP contribution in [0.1, 0.15) is 11.4 Å². The molecule has 0 fully saturated rings. The number of aromatic nitrogens is 3. The summed E-state index contributed by atoms with van der Waals surface area (Å²) in [5.74, 6) is 1.35. The number of hydrogen-bond acceptors (Lipinski definition) is 5. The molecule has 2 aromatic carbocycles. The fourth-order valence-electron chi connectivity index (χ4n) is 2.65. The van der Waals surface area contributed by atoms with Crippen molar-refractivity contribution in [2.24, 2.45) is 0 Å². The highest BCUT2D eigenvalue weighted by molar-refractivity contribution is 9.11. The molecule has 10 heteroatoms. The highest BCUT2D eigenvalue weighted by Crippen LogP contribution is 2.32. The first kappa shape index (κ1) is 23.8. The Morgan fingerprint density at radius 3 is 2.58 bits per heavy atom. The second-order valence-electron chi connectivity index (χ2n) is 6.48. The molecule has 3 rings (SSSR count). The molecule has 0 aliphatic rings. The highest BCUT2D eigenvalue weighted by atomic mass is 79.9. The molecule has 0 spiro atoms. The van der Waals surface area contributed by atoms with Crippen LogP contribution in [0.5, 0.6) is 5.75 Å². The van der Waals surface area contributed by atoms with Crippen LogP contribution < -0.4 is 10.1 Å². The molecule has 1 amide bonds. The van der Waals surface area contributed by atoms with E-state index in [1.165, 1.54) is 11.8 Å². The molecule has 31 heavy (non-hydrogen) atoms. The normalized spacial score (nSPS) is 10.7. The van der Waals surface area contributed by atoms with E-state index in [9.17, 15) is 4.79 Å². The molecule has 0 radical (unpaired) electrons. The Balaban J connectivity index is 1.64. The molecule has 0 unspecified atom stereocenters. The minimum atomic E-state index is -0.151. The average Bonchev–Trinajstić information content (AvgIpc) is 3.10. The van der Waals surface area contributed by atoms with Crippen LogP contribution in [0.15, 0.2) is 63.2 Å². The maximum absolute atomic E-state index is 12.5. The van der Waals surface area contributed by atoms with Crippen LogP contribution in [0, 0.1) is 6.92 Å². The van der Waals surface area contributed by atoms with Gasteiger partial charge in [-0.05, 0) is 80.7 Å². The maximum atomic E-state index is 12.5. The molecule has 0 bridgehead atoms. The zero-order chi connectivity index (χ0) is 22.4. The van der Waals surface area contributed by atoms with Gasteiger partial charge in [-0.2, -0.15) is 0 Å². The molecular weight excluding hydrogens is 568 g/mol. The summed E-state index contributed by atoms with van der Waals surface area (Å²) in [4.78, 5) is 12.5. The molecule has 1 heterocycles. The van der Waals surface area contributed by atoms with Gasteiger partial charge in [0.05, 0.1) is 11.4 Å². The van der Waals surface area contributed by atoms with Gasteiger partial charge >= 0.3 is 0 Å². The molecule has 0 atom stereocenters. The summed E-state index contributed by atoms with van der Waals surface area (Å²) in [6.07, 6.45) is 1.75. The van der Waals surface area contributed by atoms with E-state index in [0.29, 0.717) is 34.0 Å². The number of nitrogens with zero attached hydrogens (tertiary/aromatic N) is 3. The van der Waals surface area contributed by atoms with Crippen molar-refractivity contribution in [3.63, 3.8) is 0 Å². The largest absolute Gasteiger partial charge is 0.486 e. The lowest BCUT2D eigenvalue weighted by Gasteiger charge is -2.11. The van der Waals surface area contributed by atoms with Crippen molar-refractivity contribution >= 4 is 66.8 Å². The van der Waals surface area contributed by atoms with Crippen molar-refractivity contribution in [3.05, 3.63) is 74.4 Å². The van der Waals surface area contributed by atoms with Crippen LogP contribution in [-0.2, 0) is 17.9 Å². The number of ether oxygens (including phenoxy) is 1. The predicted octanol–water partition coefficient (Wildman–Crippen LogP) is 6.26. The minimum Gasteiger partial charge on any atom is -0.486 e. The topological polar surface area (TPSA) is 69.0 Å². The summed E-state index contributed by atoms with van der Waals surface area (Å²) < 4.78 is 9.27. The predicted molar refractivity (Wildman–Crippen MR) is 132 cm³/mol. The van der Waals surface area contributed by atoms with Crippen molar-refractivity contribution in [3.8, 4) is 5.75 Å². The fraction of sp³-hybridized carbons (Fsp3) is 0.190. The maximum Gasteiger partial charge on any atom is 0.234 e. The zero-order valence-corrected chi connectivity index (χ0v) is 21.3. The van der Waals surface area contributed by atoms with Crippen LogP contribution in [0.4, 0.5) is 5.69 Å². The number of amides is 1. The summed E-state index contributed by atoms with van der Waals surface area (Å²) >= 11 is 14.2. The number of rotatable bonds is 9. The van der Waals surface area contributed by atoms with Gasteiger partial charge in [-0.15, -0.1) is 16.8 Å². The van der Waals surface area contributed by atoms with E-state index in [2.05, 4.69) is 54.0 Å². The van der Waals surface area contributed by atoms with Gasteiger partial charge in [0.15, 0.2) is 11.0 Å². The highest BCUT2D eigenvalue weighted by Gasteiger charge is 2.16. The molecule has 3 aromatic rings. The van der Waals surface area contributed by atoms with Crippen LogP contribution in [0.25, 0.3) is 0 Å². The number of hydrogen-bond donors (Lipinski definition) is 1. The molecule has 1 aromatic heterocycles. The SMILES string of the molecule is C=CCn1c(COc2ccc(Cl)cc2)nnc1SCC(=O)Nc1c(Br)cc(C)cc1Br. The minimum absolute atomic E-state index is 0.151. The Hall–Kier alpha value is -1.81. The first-order chi connectivity index (χ1) is 14.9. The van der Waals surface area contributed by atoms with Gasteiger partial charge in [0.25, 0.3) is 0 Å². The van der Waals surface area contributed by atoms with E-state index >= 15 is 0 Å². The number of halogens is 3. The smallest absolute Gasteiger partial charge is 0.234 e. The third-order valence-electron chi connectivity index (χ3n) is 4.07. The monoisotopic (exact) mass is 584 g/mol. The number of carbonyl (C=O) groups is 1. The lowest BCUT2D eigenvalue weighted by Crippen LogP contribution is -2.16. The molecule has 0 saturated carbocycles. The van der Waals surface area contributed by atoms with Crippen molar-refractivity contribution in [2.45, 2.75) is 25.2 Å². The van der Waals surface area contributed by atoms with E-state index in [1.54, 1.807) is 30.3 Å². The molecule has 6 nitrogen and oxygen atoms in total.